The summed E-state index contributed by atoms with van der Waals surface area (Å²) in [5, 5.41) is 1.50. The zero-order valence-corrected chi connectivity index (χ0v) is 27.0. The highest BCUT2D eigenvalue weighted by Gasteiger charge is 2.32. The van der Waals surface area contributed by atoms with Crippen LogP contribution in [0.5, 0.6) is 0 Å². The van der Waals surface area contributed by atoms with Gasteiger partial charge < -0.3 is 0 Å². The molecule has 226 valence electrons. The standard InChI is InChI=1S/C16H12O2S2.C8H8.C7H10N2.C2H8N2.C2H4/c1-19-11-7-3-5-9-13(11)15(17)10-6-4-8-12(20-2)14(10)16(9)18;1-2-8-6-4-3-5-7-8;8-9-6-7-4-2-1-3-5-7;1-4(2)3;1-2/h3-8H,1-2H3;2-7H,1H2;1-5,9H,6,8H2;3H2,1-2H3;1-2H2. The zero-order valence-electron chi connectivity index (χ0n) is 25.4. The molecule has 0 saturated carbocycles. The van der Waals surface area contributed by atoms with Gasteiger partial charge in [-0.1, -0.05) is 97.6 Å². The molecule has 0 aliphatic heterocycles. The summed E-state index contributed by atoms with van der Waals surface area (Å²) >= 11 is 2.99. The van der Waals surface area contributed by atoms with Gasteiger partial charge in [-0.05, 0) is 35.8 Å². The van der Waals surface area contributed by atoms with Gasteiger partial charge in [0.1, 0.15) is 0 Å². The number of ketones is 2. The number of nitrogens with two attached hydrogens (primary N) is 2. The number of hydrazine groups is 2. The highest BCUT2D eigenvalue weighted by Crippen LogP contribution is 2.36. The van der Waals surface area contributed by atoms with E-state index in [0.29, 0.717) is 22.3 Å². The number of nitrogens with one attached hydrogen (secondary N) is 1. The fraction of sp³-hybridized carbons (Fsp3) is 0.143. The van der Waals surface area contributed by atoms with Crippen LogP contribution in [-0.2, 0) is 6.54 Å². The topological polar surface area (TPSA) is 101 Å². The molecule has 0 bridgehead atoms. The second-order valence-electron chi connectivity index (χ2n) is 8.87. The van der Waals surface area contributed by atoms with Crippen molar-refractivity contribution in [3.8, 4) is 0 Å². The van der Waals surface area contributed by atoms with Crippen molar-refractivity contribution in [2.75, 3.05) is 26.6 Å². The van der Waals surface area contributed by atoms with Gasteiger partial charge in [0.05, 0.1) is 0 Å². The van der Waals surface area contributed by atoms with Crippen LogP contribution in [0.2, 0.25) is 0 Å². The Morgan fingerprint density at radius 2 is 1.12 bits per heavy atom. The highest BCUT2D eigenvalue weighted by atomic mass is 32.2. The molecule has 1 aliphatic carbocycles. The first-order chi connectivity index (χ1) is 20.8. The van der Waals surface area contributed by atoms with Gasteiger partial charge in [0, 0.05) is 52.7 Å². The molecule has 8 heteroatoms. The highest BCUT2D eigenvalue weighted by molar-refractivity contribution is 7.99. The average Bonchev–Trinajstić information content (AvgIpc) is 3.05. The third-order valence-electron chi connectivity index (χ3n) is 5.62. The third-order valence-corrected chi connectivity index (χ3v) is 7.18. The normalized spacial score (nSPS) is 10.6. The zero-order chi connectivity index (χ0) is 32.2. The molecule has 0 saturated heterocycles. The molecule has 0 radical (unpaired) electrons. The van der Waals surface area contributed by atoms with Crippen molar-refractivity contribution in [2.24, 2.45) is 11.7 Å². The van der Waals surface area contributed by atoms with E-state index in [0.717, 1.165) is 16.3 Å². The molecular weight excluding hydrogens is 573 g/mol. The molecule has 4 aromatic carbocycles. The summed E-state index contributed by atoms with van der Waals surface area (Å²) in [5.41, 5.74) is 7.12. The summed E-state index contributed by atoms with van der Waals surface area (Å²) in [6.07, 6.45) is 5.67. The lowest BCUT2D eigenvalue weighted by molar-refractivity contribution is 0.0974. The van der Waals surface area contributed by atoms with Crippen LogP contribution in [0.1, 0.15) is 43.0 Å². The quantitative estimate of drug-likeness (QED) is 0.0834. The summed E-state index contributed by atoms with van der Waals surface area (Å²) < 4.78 is 0. The predicted molar refractivity (Wildman–Crippen MR) is 186 cm³/mol. The molecule has 0 heterocycles. The van der Waals surface area contributed by atoms with E-state index in [2.05, 4.69) is 25.2 Å². The first kappa shape index (κ1) is 37.3. The third kappa shape index (κ3) is 11.8. The number of fused-ring (bicyclic) bond motifs is 2. The van der Waals surface area contributed by atoms with E-state index in [1.54, 1.807) is 26.2 Å². The summed E-state index contributed by atoms with van der Waals surface area (Å²) in [5.74, 6) is 9.96. The van der Waals surface area contributed by atoms with Crippen molar-refractivity contribution in [3.63, 3.8) is 0 Å². The number of carbonyl (C=O) groups excluding carboxylic acids is 2. The summed E-state index contributed by atoms with van der Waals surface area (Å²) in [4.78, 5) is 27.2. The lowest BCUT2D eigenvalue weighted by Gasteiger charge is -2.21. The molecule has 1 aliphatic rings. The molecule has 0 unspecified atom stereocenters. The van der Waals surface area contributed by atoms with E-state index >= 15 is 0 Å². The maximum Gasteiger partial charge on any atom is 0.195 e. The van der Waals surface area contributed by atoms with Crippen molar-refractivity contribution in [1.82, 2.24) is 10.4 Å². The molecule has 0 amide bonds. The van der Waals surface area contributed by atoms with Crippen LogP contribution in [0.15, 0.2) is 127 Å². The molecule has 0 fully saturated rings. The molecule has 0 spiro atoms. The fourth-order valence-electron chi connectivity index (χ4n) is 3.82. The first-order valence-electron chi connectivity index (χ1n) is 13.3. The smallest absolute Gasteiger partial charge is 0.195 e. The summed E-state index contributed by atoms with van der Waals surface area (Å²) in [7, 11) is 3.56. The van der Waals surface area contributed by atoms with E-state index in [1.165, 1.54) is 39.7 Å². The van der Waals surface area contributed by atoms with Crippen LogP contribution in [0.25, 0.3) is 6.08 Å². The summed E-state index contributed by atoms with van der Waals surface area (Å²) in [6, 6.07) is 31.0. The largest absolute Gasteiger partial charge is 0.289 e. The van der Waals surface area contributed by atoms with Crippen LogP contribution in [0.3, 0.4) is 0 Å². The van der Waals surface area contributed by atoms with Crippen LogP contribution in [0, 0.1) is 0 Å². The SMILES string of the molecule is C=C.C=Cc1ccccc1.CN(C)N.CSc1cccc2c1C(=O)c1cccc(SC)c1C2=O.NNCc1ccccc1. The number of carbonyl (C=O) groups is 2. The minimum Gasteiger partial charge on any atom is -0.289 e. The molecule has 6 nitrogen and oxygen atoms in total. The summed E-state index contributed by atoms with van der Waals surface area (Å²) in [6.45, 7) is 10.4. The second-order valence-corrected chi connectivity index (χ2v) is 10.6. The van der Waals surface area contributed by atoms with E-state index in [-0.39, 0.29) is 11.6 Å². The van der Waals surface area contributed by atoms with E-state index in [9.17, 15) is 9.59 Å². The monoisotopic (exact) mass is 614 g/mol. The molecular formula is C35H42N4O2S2. The Kier molecular flexibility index (Phi) is 18.2. The van der Waals surface area contributed by atoms with E-state index in [4.69, 9.17) is 11.7 Å². The van der Waals surface area contributed by atoms with Crippen molar-refractivity contribution < 1.29 is 9.59 Å². The number of thioether (sulfide) groups is 2. The minimum absolute atomic E-state index is 0.0459. The Labute approximate surface area is 265 Å². The van der Waals surface area contributed by atoms with Gasteiger partial charge in [0.15, 0.2) is 11.6 Å². The molecule has 5 rings (SSSR count). The van der Waals surface area contributed by atoms with Crippen LogP contribution in [0.4, 0.5) is 0 Å². The molecule has 4 aromatic rings. The van der Waals surface area contributed by atoms with Crippen molar-refractivity contribution >= 4 is 41.2 Å². The molecule has 0 atom stereocenters. The average molecular weight is 615 g/mol. The van der Waals surface area contributed by atoms with Gasteiger partial charge in [-0.15, -0.1) is 36.7 Å². The van der Waals surface area contributed by atoms with Crippen LogP contribution in [-0.4, -0.2) is 43.2 Å². The lowest BCUT2D eigenvalue weighted by Crippen LogP contribution is -2.22. The number of hydrogen-bond acceptors (Lipinski definition) is 8. The number of hydrogen-bond donors (Lipinski definition) is 3. The Morgan fingerprint density at radius 1 is 0.721 bits per heavy atom. The Hall–Kier alpha value is -3.76. The first-order valence-corrected chi connectivity index (χ1v) is 15.7. The van der Waals surface area contributed by atoms with Gasteiger partial charge >= 0.3 is 0 Å². The van der Waals surface area contributed by atoms with Gasteiger partial charge in [0.2, 0.25) is 0 Å². The van der Waals surface area contributed by atoms with E-state index < -0.39 is 0 Å². The molecule has 43 heavy (non-hydrogen) atoms. The van der Waals surface area contributed by atoms with Gasteiger partial charge in [-0.2, -0.15) is 0 Å². The van der Waals surface area contributed by atoms with E-state index in [1.807, 2.05) is 104 Å². The van der Waals surface area contributed by atoms with Crippen LogP contribution >= 0.6 is 23.5 Å². The van der Waals surface area contributed by atoms with Crippen molar-refractivity contribution in [3.05, 3.63) is 150 Å². The number of rotatable bonds is 5. The van der Waals surface area contributed by atoms with Gasteiger partial charge in [-0.3, -0.25) is 31.7 Å². The van der Waals surface area contributed by atoms with Gasteiger partial charge in [0.25, 0.3) is 0 Å². The lowest BCUT2D eigenvalue weighted by atomic mass is 9.84. The van der Waals surface area contributed by atoms with Crippen molar-refractivity contribution in [2.45, 2.75) is 16.3 Å². The Balaban J connectivity index is 0.000000333. The maximum absolute atomic E-state index is 12.7. The van der Waals surface area contributed by atoms with Crippen molar-refractivity contribution in [1.29, 1.82) is 0 Å². The Bertz CT molecular complexity index is 1360. The number of nitrogens with zero attached hydrogens (tertiary/aromatic N) is 1. The second kappa shape index (κ2) is 21.0. The molecule has 0 aromatic heterocycles. The molecule has 5 N–H and O–H groups in total. The maximum atomic E-state index is 12.7. The fourth-order valence-corrected chi connectivity index (χ4v) is 5.06. The Morgan fingerprint density at radius 3 is 1.44 bits per heavy atom. The minimum atomic E-state index is -0.0459. The number of benzene rings is 4. The van der Waals surface area contributed by atoms with Crippen LogP contribution < -0.4 is 17.1 Å². The predicted octanol–water partition coefficient (Wildman–Crippen LogP) is 7.11. The van der Waals surface area contributed by atoms with Gasteiger partial charge in [-0.25, -0.2) is 0 Å².